The molecular weight excluding hydrogens is 290 g/mol. The quantitative estimate of drug-likeness (QED) is 0.922. The van der Waals surface area contributed by atoms with E-state index in [4.69, 9.17) is 16.3 Å². The normalized spacial score (nSPS) is 12.0. The first-order valence-electron chi connectivity index (χ1n) is 6.46. The van der Waals surface area contributed by atoms with Gasteiger partial charge in [0.05, 0.1) is 6.10 Å². The van der Waals surface area contributed by atoms with Gasteiger partial charge in [-0.15, -0.1) is 0 Å². The third-order valence-corrected chi connectivity index (χ3v) is 3.20. The number of halogens is 1. The number of rotatable bonds is 5. The summed E-state index contributed by atoms with van der Waals surface area (Å²) in [5, 5.41) is 3.43. The molecule has 0 saturated heterocycles. The molecule has 0 aliphatic carbocycles. The first kappa shape index (κ1) is 15.4. The number of nitrogens with zero attached hydrogens (tertiary/aromatic N) is 2. The summed E-state index contributed by atoms with van der Waals surface area (Å²) in [6.07, 6.45) is 1.29. The third kappa shape index (κ3) is 4.24. The van der Waals surface area contributed by atoms with Crippen molar-refractivity contribution < 1.29 is 9.53 Å². The molecule has 1 aromatic heterocycles. The van der Waals surface area contributed by atoms with Gasteiger partial charge in [-0.3, -0.25) is 4.79 Å². The van der Waals surface area contributed by atoms with Crippen LogP contribution in [0.15, 0.2) is 36.5 Å². The molecule has 5 nitrogen and oxygen atoms in total. The Bertz CT molecular complexity index is 634. The van der Waals surface area contributed by atoms with E-state index in [0.29, 0.717) is 23.1 Å². The largest absolute Gasteiger partial charge is 0.375 e. The zero-order valence-electron chi connectivity index (χ0n) is 11.8. The Morgan fingerprint density at radius 3 is 2.90 bits per heavy atom. The number of nitrogens with one attached hydrogen (secondary N) is 1. The van der Waals surface area contributed by atoms with Crippen LogP contribution in [0.4, 0.5) is 0 Å². The number of carbonyl (C=O) groups is 1. The van der Waals surface area contributed by atoms with Crippen LogP contribution in [0.5, 0.6) is 0 Å². The molecule has 1 N–H and O–H groups in total. The zero-order chi connectivity index (χ0) is 15.2. The lowest BCUT2D eigenvalue weighted by Crippen LogP contribution is -2.30. The monoisotopic (exact) mass is 305 g/mol. The molecule has 6 heteroatoms. The molecular formula is C15H16ClN3O2. The van der Waals surface area contributed by atoms with E-state index in [-0.39, 0.29) is 12.0 Å². The van der Waals surface area contributed by atoms with Crippen molar-refractivity contribution in [1.82, 2.24) is 15.3 Å². The summed E-state index contributed by atoms with van der Waals surface area (Å²) >= 11 is 5.96. The Morgan fingerprint density at radius 2 is 2.24 bits per heavy atom. The minimum absolute atomic E-state index is 0.260. The molecule has 1 amide bonds. The van der Waals surface area contributed by atoms with Crippen molar-refractivity contribution in [3.05, 3.63) is 58.6 Å². The Balaban J connectivity index is 2.02. The summed E-state index contributed by atoms with van der Waals surface area (Å²) in [5.41, 5.74) is 1.24. The highest BCUT2D eigenvalue weighted by molar-refractivity contribution is 6.30. The number of hydrogen-bond donors (Lipinski definition) is 1. The molecule has 2 aromatic rings. The van der Waals surface area contributed by atoms with Gasteiger partial charge in [0.15, 0.2) is 0 Å². The van der Waals surface area contributed by atoms with Gasteiger partial charge >= 0.3 is 0 Å². The van der Waals surface area contributed by atoms with Gasteiger partial charge in [0.2, 0.25) is 0 Å². The summed E-state index contributed by atoms with van der Waals surface area (Å²) in [7, 11) is 1.59. The highest BCUT2D eigenvalue weighted by atomic mass is 35.5. The molecule has 0 fully saturated rings. The number of aromatic nitrogens is 2. The lowest BCUT2D eigenvalue weighted by atomic mass is 10.1. The van der Waals surface area contributed by atoms with Gasteiger partial charge < -0.3 is 10.1 Å². The molecule has 1 aromatic carbocycles. The lowest BCUT2D eigenvalue weighted by molar-refractivity contribution is 0.0824. The van der Waals surface area contributed by atoms with Crippen LogP contribution < -0.4 is 5.32 Å². The van der Waals surface area contributed by atoms with Crippen LogP contribution in [0.2, 0.25) is 5.02 Å². The molecule has 0 saturated carbocycles. The number of methoxy groups -OCH3 is 1. The standard InChI is InChI=1S/C15H16ClN3O2/c1-10-17-7-6-13(19-10)15(20)18-9-14(21-2)11-4-3-5-12(16)8-11/h3-8,14H,9H2,1-2H3,(H,18,20)/t14-/m1/s1. The molecule has 21 heavy (non-hydrogen) atoms. The van der Waals surface area contributed by atoms with Gasteiger partial charge in [-0.25, -0.2) is 9.97 Å². The zero-order valence-corrected chi connectivity index (χ0v) is 12.6. The molecule has 2 rings (SSSR count). The van der Waals surface area contributed by atoms with Crippen molar-refractivity contribution in [3.63, 3.8) is 0 Å². The van der Waals surface area contributed by atoms with Crippen molar-refractivity contribution >= 4 is 17.5 Å². The lowest BCUT2D eigenvalue weighted by Gasteiger charge is -2.16. The van der Waals surface area contributed by atoms with Crippen LogP contribution in [-0.2, 0) is 4.74 Å². The van der Waals surface area contributed by atoms with Crippen LogP contribution in [0.3, 0.4) is 0 Å². The highest BCUT2D eigenvalue weighted by Crippen LogP contribution is 2.19. The molecule has 0 aliphatic heterocycles. The van der Waals surface area contributed by atoms with Crippen LogP contribution in [0.1, 0.15) is 28.0 Å². The minimum atomic E-state index is -0.268. The number of aryl methyl sites for hydroxylation is 1. The van der Waals surface area contributed by atoms with Gasteiger partial charge in [0.1, 0.15) is 11.5 Å². The van der Waals surface area contributed by atoms with Crippen molar-refractivity contribution in [2.75, 3.05) is 13.7 Å². The molecule has 110 valence electrons. The van der Waals surface area contributed by atoms with E-state index < -0.39 is 0 Å². The molecule has 1 heterocycles. The average molecular weight is 306 g/mol. The van der Waals surface area contributed by atoms with E-state index in [9.17, 15) is 4.79 Å². The van der Waals surface area contributed by atoms with Gasteiger partial charge in [-0.05, 0) is 30.7 Å². The maximum Gasteiger partial charge on any atom is 0.270 e. The van der Waals surface area contributed by atoms with Gasteiger partial charge in [-0.2, -0.15) is 0 Å². The van der Waals surface area contributed by atoms with E-state index in [1.54, 1.807) is 32.4 Å². The number of benzene rings is 1. The van der Waals surface area contributed by atoms with Crippen LogP contribution in [0, 0.1) is 6.92 Å². The number of amides is 1. The highest BCUT2D eigenvalue weighted by Gasteiger charge is 2.14. The smallest absolute Gasteiger partial charge is 0.270 e. The minimum Gasteiger partial charge on any atom is -0.375 e. The third-order valence-electron chi connectivity index (χ3n) is 2.96. The van der Waals surface area contributed by atoms with E-state index in [1.165, 1.54) is 0 Å². The molecule has 0 unspecified atom stereocenters. The molecule has 0 aliphatic rings. The van der Waals surface area contributed by atoms with Gasteiger partial charge in [0.25, 0.3) is 5.91 Å². The summed E-state index contributed by atoms with van der Waals surface area (Å²) in [6.45, 7) is 2.07. The second-order valence-electron chi connectivity index (χ2n) is 4.48. The second kappa shape index (κ2) is 7.15. The Kier molecular flexibility index (Phi) is 5.25. The van der Waals surface area contributed by atoms with E-state index >= 15 is 0 Å². The molecule has 0 bridgehead atoms. The number of ether oxygens (including phenoxy) is 1. The van der Waals surface area contributed by atoms with Crippen LogP contribution >= 0.6 is 11.6 Å². The second-order valence-corrected chi connectivity index (χ2v) is 4.91. The number of hydrogen-bond acceptors (Lipinski definition) is 4. The Morgan fingerprint density at radius 1 is 1.43 bits per heavy atom. The first-order valence-corrected chi connectivity index (χ1v) is 6.84. The summed E-state index contributed by atoms with van der Waals surface area (Å²) < 4.78 is 5.40. The van der Waals surface area contributed by atoms with Crippen molar-refractivity contribution in [3.8, 4) is 0 Å². The SMILES string of the molecule is CO[C@H](CNC(=O)c1ccnc(C)n1)c1cccc(Cl)c1. The summed E-state index contributed by atoms with van der Waals surface area (Å²) in [6, 6.07) is 8.93. The first-order chi connectivity index (χ1) is 10.1. The predicted molar refractivity (Wildman–Crippen MR) is 80.3 cm³/mol. The average Bonchev–Trinajstić information content (AvgIpc) is 2.48. The van der Waals surface area contributed by atoms with Crippen molar-refractivity contribution in [2.24, 2.45) is 0 Å². The fraction of sp³-hybridized carbons (Fsp3) is 0.267. The molecule has 1 atom stereocenters. The molecule has 0 radical (unpaired) electrons. The van der Waals surface area contributed by atoms with Gasteiger partial charge in [0, 0.05) is 24.9 Å². The van der Waals surface area contributed by atoms with Gasteiger partial charge in [-0.1, -0.05) is 23.7 Å². The topological polar surface area (TPSA) is 64.1 Å². The van der Waals surface area contributed by atoms with Crippen LogP contribution in [-0.4, -0.2) is 29.5 Å². The summed E-state index contributed by atoms with van der Waals surface area (Å²) in [4.78, 5) is 20.1. The van der Waals surface area contributed by atoms with Crippen molar-refractivity contribution in [2.45, 2.75) is 13.0 Å². The van der Waals surface area contributed by atoms with E-state index in [1.807, 2.05) is 18.2 Å². The Labute approximate surface area is 128 Å². The van der Waals surface area contributed by atoms with E-state index in [0.717, 1.165) is 5.56 Å². The fourth-order valence-corrected chi connectivity index (χ4v) is 2.10. The number of carbonyl (C=O) groups excluding carboxylic acids is 1. The predicted octanol–water partition coefficient (Wildman–Crippen LogP) is 2.56. The fourth-order valence-electron chi connectivity index (χ4n) is 1.90. The summed E-state index contributed by atoms with van der Waals surface area (Å²) in [5.74, 6) is 0.297. The maximum atomic E-state index is 12.0. The Hall–Kier alpha value is -1.98. The van der Waals surface area contributed by atoms with E-state index in [2.05, 4.69) is 15.3 Å². The maximum absolute atomic E-state index is 12.0. The molecule has 0 spiro atoms. The van der Waals surface area contributed by atoms with Crippen LogP contribution in [0.25, 0.3) is 0 Å². The van der Waals surface area contributed by atoms with Crippen molar-refractivity contribution in [1.29, 1.82) is 0 Å².